The second kappa shape index (κ2) is 9.30. The molecule has 0 saturated carbocycles. The van der Waals surface area contributed by atoms with Crippen molar-refractivity contribution >= 4 is 5.91 Å². The maximum absolute atomic E-state index is 11.5. The third-order valence-electron chi connectivity index (χ3n) is 3.38. The van der Waals surface area contributed by atoms with E-state index in [4.69, 9.17) is 4.74 Å². The van der Waals surface area contributed by atoms with Gasteiger partial charge >= 0.3 is 0 Å². The summed E-state index contributed by atoms with van der Waals surface area (Å²) in [5, 5.41) is 6.11. The number of rotatable bonds is 9. The minimum Gasteiger partial charge on any atom is -0.385 e. The Morgan fingerprint density at radius 2 is 2.33 bits per heavy atom. The lowest BCUT2D eigenvalue weighted by atomic mass is 10.1. The highest BCUT2D eigenvalue weighted by atomic mass is 16.5. The average Bonchev–Trinajstić information content (AvgIpc) is 2.83. The number of likely N-dealkylation sites (tertiary alicyclic amines) is 1. The maximum atomic E-state index is 11.5. The van der Waals surface area contributed by atoms with Crippen LogP contribution >= 0.6 is 0 Å². The van der Waals surface area contributed by atoms with Crippen molar-refractivity contribution in [2.75, 3.05) is 53.0 Å². The lowest BCUT2D eigenvalue weighted by Gasteiger charge is -2.13. The highest BCUT2D eigenvalue weighted by molar-refractivity contribution is 5.77. The molecular formula is C13H27N3O2. The van der Waals surface area contributed by atoms with Crippen LogP contribution in [0.25, 0.3) is 0 Å². The van der Waals surface area contributed by atoms with Gasteiger partial charge in [0, 0.05) is 26.8 Å². The molecule has 1 atom stereocenters. The van der Waals surface area contributed by atoms with Gasteiger partial charge in [-0.1, -0.05) is 6.92 Å². The zero-order valence-electron chi connectivity index (χ0n) is 11.7. The van der Waals surface area contributed by atoms with Gasteiger partial charge in [0.1, 0.15) is 0 Å². The van der Waals surface area contributed by atoms with E-state index >= 15 is 0 Å². The Morgan fingerprint density at radius 3 is 3.00 bits per heavy atom. The predicted molar refractivity (Wildman–Crippen MR) is 72.6 cm³/mol. The van der Waals surface area contributed by atoms with E-state index in [2.05, 4.69) is 22.5 Å². The van der Waals surface area contributed by atoms with Crippen LogP contribution in [0.4, 0.5) is 0 Å². The van der Waals surface area contributed by atoms with Crippen LogP contribution in [0.5, 0.6) is 0 Å². The van der Waals surface area contributed by atoms with Crippen molar-refractivity contribution in [2.45, 2.75) is 19.8 Å². The number of hydrogen-bond donors (Lipinski definition) is 2. The number of methoxy groups -OCH3 is 1. The van der Waals surface area contributed by atoms with Gasteiger partial charge < -0.3 is 20.3 Å². The molecule has 18 heavy (non-hydrogen) atoms. The Kier molecular flexibility index (Phi) is 7.96. The average molecular weight is 257 g/mol. The van der Waals surface area contributed by atoms with E-state index in [-0.39, 0.29) is 5.91 Å². The summed E-state index contributed by atoms with van der Waals surface area (Å²) in [6, 6.07) is 0. The van der Waals surface area contributed by atoms with E-state index in [0.29, 0.717) is 25.6 Å². The first-order valence-corrected chi connectivity index (χ1v) is 6.95. The molecule has 5 nitrogen and oxygen atoms in total. The van der Waals surface area contributed by atoms with E-state index in [9.17, 15) is 4.79 Å². The minimum atomic E-state index is 0.0800. The highest BCUT2D eigenvalue weighted by Crippen LogP contribution is 2.14. The van der Waals surface area contributed by atoms with Gasteiger partial charge in [-0.3, -0.25) is 4.79 Å². The summed E-state index contributed by atoms with van der Waals surface area (Å²) in [6.07, 6.45) is 2.12. The number of nitrogens with zero attached hydrogens (tertiary/aromatic N) is 1. The minimum absolute atomic E-state index is 0.0800. The molecule has 0 bridgehead atoms. The molecule has 2 N–H and O–H groups in total. The first-order valence-electron chi connectivity index (χ1n) is 6.95. The number of amides is 1. The van der Waals surface area contributed by atoms with Gasteiger partial charge in [-0.2, -0.15) is 0 Å². The molecule has 0 aliphatic carbocycles. The largest absolute Gasteiger partial charge is 0.385 e. The first-order chi connectivity index (χ1) is 8.76. The normalized spacial score (nSPS) is 20.2. The van der Waals surface area contributed by atoms with Crippen molar-refractivity contribution in [3.05, 3.63) is 0 Å². The summed E-state index contributed by atoms with van der Waals surface area (Å²) >= 11 is 0. The van der Waals surface area contributed by atoms with Gasteiger partial charge in [-0.25, -0.2) is 0 Å². The van der Waals surface area contributed by atoms with E-state index < -0.39 is 0 Å². The first kappa shape index (κ1) is 15.4. The third kappa shape index (κ3) is 6.33. The van der Waals surface area contributed by atoms with E-state index in [1.54, 1.807) is 7.11 Å². The van der Waals surface area contributed by atoms with E-state index in [0.717, 1.165) is 19.5 Å². The maximum Gasteiger partial charge on any atom is 0.233 e. The van der Waals surface area contributed by atoms with Crippen molar-refractivity contribution in [3.63, 3.8) is 0 Å². The smallest absolute Gasteiger partial charge is 0.233 e. The van der Waals surface area contributed by atoms with Crippen molar-refractivity contribution in [1.29, 1.82) is 0 Å². The SMILES string of the molecule is CCN1CCC(CNCC(=O)NCCCOC)C1. The fourth-order valence-corrected chi connectivity index (χ4v) is 2.26. The van der Waals surface area contributed by atoms with Gasteiger partial charge in [0.2, 0.25) is 5.91 Å². The van der Waals surface area contributed by atoms with Gasteiger partial charge in [0.25, 0.3) is 0 Å². The summed E-state index contributed by atoms with van der Waals surface area (Å²) < 4.78 is 4.92. The molecule has 1 fully saturated rings. The zero-order valence-corrected chi connectivity index (χ0v) is 11.7. The number of ether oxygens (including phenoxy) is 1. The van der Waals surface area contributed by atoms with Crippen molar-refractivity contribution in [3.8, 4) is 0 Å². The van der Waals surface area contributed by atoms with Gasteiger partial charge in [0.15, 0.2) is 0 Å². The van der Waals surface area contributed by atoms with Crippen LogP contribution < -0.4 is 10.6 Å². The Bertz CT molecular complexity index is 236. The van der Waals surface area contributed by atoms with Crippen molar-refractivity contribution in [1.82, 2.24) is 15.5 Å². The molecule has 0 aromatic rings. The molecule has 0 aromatic carbocycles. The number of carbonyl (C=O) groups is 1. The van der Waals surface area contributed by atoms with Gasteiger partial charge in [0.05, 0.1) is 6.54 Å². The standard InChI is InChI=1S/C13H27N3O2/c1-3-16-7-5-12(11-16)9-14-10-13(17)15-6-4-8-18-2/h12,14H,3-11H2,1-2H3,(H,15,17). The van der Waals surface area contributed by atoms with E-state index in [1.165, 1.54) is 19.5 Å². The predicted octanol–water partition coefficient (Wildman–Crippen LogP) is 0.0705. The van der Waals surface area contributed by atoms with Crippen LogP contribution in [0.1, 0.15) is 19.8 Å². The molecule has 106 valence electrons. The Balaban J connectivity index is 1.95. The van der Waals surface area contributed by atoms with Crippen LogP contribution in [-0.4, -0.2) is 63.8 Å². The molecule has 1 amide bonds. The summed E-state index contributed by atoms with van der Waals surface area (Å²) in [6.45, 7) is 8.46. The highest BCUT2D eigenvalue weighted by Gasteiger charge is 2.20. The van der Waals surface area contributed by atoms with Crippen LogP contribution in [-0.2, 0) is 9.53 Å². The Morgan fingerprint density at radius 1 is 1.50 bits per heavy atom. The lowest BCUT2D eigenvalue weighted by molar-refractivity contribution is -0.120. The number of carbonyl (C=O) groups excluding carboxylic acids is 1. The van der Waals surface area contributed by atoms with Crippen molar-refractivity contribution < 1.29 is 9.53 Å². The van der Waals surface area contributed by atoms with Crippen LogP contribution in [0, 0.1) is 5.92 Å². The van der Waals surface area contributed by atoms with Crippen LogP contribution in [0.3, 0.4) is 0 Å². The fraction of sp³-hybridized carbons (Fsp3) is 0.923. The topological polar surface area (TPSA) is 53.6 Å². The van der Waals surface area contributed by atoms with Gasteiger partial charge in [-0.05, 0) is 38.4 Å². The third-order valence-corrected chi connectivity index (χ3v) is 3.38. The van der Waals surface area contributed by atoms with Crippen LogP contribution in [0.15, 0.2) is 0 Å². The molecule has 0 radical (unpaired) electrons. The summed E-state index contributed by atoms with van der Waals surface area (Å²) in [5.74, 6) is 0.780. The summed E-state index contributed by atoms with van der Waals surface area (Å²) in [7, 11) is 1.67. The summed E-state index contributed by atoms with van der Waals surface area (Å²) in [5.41, 5.74) is 0. The molecule has 0 aromatic heterocycles. The monoisotopic (exact) mass is 257 g/mol. The van der Waals surface area contributed by atoms with Gasteiger partial charge in [-0.15, -0.1) is 0 Å². The molecule has 1 rings (SSSR count). The molecule has 0 spiro atoms. The van der Waals surface area contributed by atoms with Crippen molar-refractivity contribution in [2.24, 2.45) is 5.92 Å². The lowest BCUT2D eigenvalue weighted by Crippen LogP contribution is -2.37. The fourth-order valence-electron chi connectivity index (χ4n) is 2.26. The molecule has 5 heteroatoms. The number of hydrogen-bond acceptors (Lipinski definition) is 4. The quantitative estimate of drug-likeness (QED) is 0.574. The second-order valence-electron chi connectivity index (χ2n) is 4.88. The Hall–Kier alpha value is -0.650. The molecule has 1 unspecified atom stereocenters. The number of nitrogens with one attached hydrogen (secondary N) is 2. The molecule has 1 saturated heterocycles. The second-order valence-corrected chi connectivity index (χ2v) is 4.88. The van der Waals surface area contributed by atoms with Crippen LogP contribution in [0.2, 0.25) is 0 Å². The molecule has 1 aliphatic rings. The molecule has 1 heterocycles. The van der Waals surface area contributed by atoms with E-state index in [1.807, 2.05) is 0 Å². The zero-order chi connectivity index (χ0) is 13.2. The molecular weight excluding hydrogens is 230 g/mol. The summed E-state index contributed by atoms with van der Waals surface area (Å²) in [4.78, 5) is 13.9. The molecule has 1 aliphatic heterocycles. The Labute approximate surface area is 110 Å².